The first kappa shape index (κ1) is 13.5. The molecule has 0 fully saturated rings. The van der Waals surface area contributed by atoms with Gasteiger partial charge >= 0.3 is 11.9 Å². The average Bonchev–Trinajstić information content (AvgIpc) is 2.16. The number of carboxylic acid groups (broad SMARTS) is 1. The molecule has 0 spiro atoms. The Labute approximate surface area is 89.6 Å². The van der Waals surface area contributed by atoms with Crippen molar-refractivity contribution in [1.29, 1.82) is 0 Å². The number of rotatable bonds is 5. The number of methoxy groups -OCH3 is 1. The fourth-order valence-corrected chi connectivity index (χ4v) is 1.26. The molecule has 0 amide bonds. The Morgan fingerprint density at radius 3 is 2.40 bits per heavy atom. The molecule has 1 N–H and O–H groups in total. The van der Waals surface area contributed by atoms with Crippen LogP contribution in [0.25, 0.3) is 0 Å². The Balaban J connectivity index is 4.52. The van der Waals surface area contributed by atoms with Crippen molar-refractivity contribution in [3.8, 4) is 12.3 Å². The van der Waals surface area contributed by atoms with Gasteiger partial charge in [-0.3, -0.25) is 9.59 Å². The summed E-state index contributed by atoms with van der Waals surface area (Å²) in [5.74, 6) is 0.290. The van der Waals surface area contributed by atoms with Gasteiger partial charge in [0.1, 0.15) is 0 Å². The Morgan fingerprint density at radius 1 is 1.53 bits per heavy atom. The van der Waals surface area contributed by atoms with E-state index in [9.17, 15) is 9.59 Å². The Bertz CT molecular complexity index is 285. The van der Waals surface area contributed by atoms with Crippen LogP contribution in [-0.2, 0) is 14.3 Å². The number of esters is 1. The van der Waals surface area contributed by atoms with Crippen molar-refractivity contribution in [2.75, 3.05) is 7.11 Å². The highest BCUT2D eigenvalue weighted by atomic mass is 16.5. The second kappa shape index (κ2) is 5.40. The maximum atomic E-state index is 11.0. The molecule has 1 atom stereocenters. The van der Waals surface area contributed by atoms with Gasteiger partial charge < -0.3 is 9.84 Å². The lowest BCUT2D eigenvalue weighted by atomic mass is 9.77. The van der Waals surface area contributed by atoms with Crippen molar-refractivity contribution in [2.24, 2.45) is 11.3 Å². The summed E-state index contributed by atoms with van der Waals surface area (Å²) in [4.78, 5) is 21.8. The first-order chi connectivity index (χ1) is 6.85. The third kappa shape index (κ3) is 4.03. The summed E-state index contributed by atoms with van der Waals surface area (Å²) in [5, 5.41) is 8.98. The normalized spacial score (nSPS) is 12.7. The number of carboxylic acids is 1. The topological polar surface area (TPSA) is 63.6 Å². The zero-order valence-electron chi connectivity index (χ0n) is 9.24. The molecule has 0 rings (SSSR count). The van der Waals surface area contributed by atoms with E-state index in [-0.39, 0.29) is 12.8 Å². The summed E-state index contributed by atoms with van der Waals surface area (Å²) < 4.78 is 4.44. The van der Waals surface area contributed by atoms with Crippen LogP contribution in [0.5, 0.6) is 0 Å². The van der Waals surface area contributed by atoms with Crippen LogP contribution in [0, 0.1) is 23.7 Å². The first-order valence-corrected chi connectivity index (χ1v) is 4.62. The van der Waals surface area contributed by atoms with Crippen molar-refractivity contribution < 1.29 is 19.4 Å². The van der Waals surface area contributed by atoms with Gasteiger partial charge in [-0.1, -0.05) is 5.92 Å². The van der Waals surface area contributed by atoms with E-state index in [2.05, 4.69) is 10.7 Å². The molecule has 0 aliphatic carbocycles. The van der Waals surface area contributed by atoms with Crippen LogP contribution in [0.4, 0.5) is 0 Å². The number of hydrogen-bond donors (Lipinski definition) is 1. The highest BCUT2D eigenvalue weighted by Crippen LogP contribution is 2.29. The minimum atomic E-state index is -0.984. The maximum absolute atomic E-state index is 11.0. The Kier molecular flexibility index (Phi) is 4.86. The fraction of sp³-hybridized carbons (Fsp3) is 0.636. The molecule has 0 aliphatic heterocycles. The van der Waals surface area contributed by atoms with E-state index in [1.165, 1.54) is 7.11 Å². The molecule has 0 saturated carbocycles. The molecule has 0 aliphatic rings. The summed E-state index contributed by atoms with van der Waals surface area (Å²) in [7, 11) is 1.27. The van der Waals surface area contributed by atoms with E-state index in [1.54, 1.807) is 13.8 Å². The number of hydrogen-bond acceptors (Lipinski definition) is 3. The van der Waals surface area contributed by atoms with Gasteiger partial charge in [-0.2, -0.15) is 0 Å². The number of terminal acetylenes is 1. The molecule has 0 saturated heterocycles. The Morgan fingerprint density at radius 2 is 2.07 bits per heavy atom. The van der Waals surface area contributed by atoms with Gasteiger partial charge in [-0.15, -0.1) is 6.42 Å². The fourth-order valence-electron chi connectivity index (χ4n) is 1.26. The molecule has 0 radical (unpaired) electrons. The van der Waals surface area contributed by atoms with E-state index in [0.717, 1.165) is 0 Å². The summed E-state index contributed by atoms with van der Waals surface area (Å²) in [6, 6.07) is 0. The first-order valence-electron chi connectivity index (χ1n) is 4.62. The van der Waals surface area contributed by atoms with Gasteiger partial charge in [0.05, 0.1) is 13.0 Å². The molecular weight excluding hydrogens is 196 g/mol. The molecule has 15 heavy (non-hydrogen) atoms. The standard InChI is InChI=1S/C11H16O4/c1-5-11(2,3)8(10(13)14)6-7-9(12)15-4/h1,8H,6-7H2,2-4H3,(H,13,14). The molecular formula is C11H16O4. The highest BCUT2D eigenvalue weighted by Gasteiger charge is 2.33. The molecule has 4 nitrogen and oxygen atoms in total. The molecule has 0 aromatic rings. The number of carbonyl (C=O) groups excluding carboxylic acids is 1. The van der Waals surface area contributed by atoms with Gasteiger partial charge in [-0.05, 0) is 20.3 Å². The zero-order chi connectivity index (χ0) is 12.1. The van der Waals surface area contributed by atoms with Crippen LogP contribution in [0.3, 0.4) is 0 Å². The number of carbonyl (C=O) groups is 2. The van der Waals surface area contributed by atoms with Crippen LogP contribution >= 0.6 is 0 Å². The molecule has 0 bridgehead atoms. The highest BCUT2D eigenvalue weighted by molar-refractivity contribution is 5.74. The largest absolute Gasteiger partial charge is 0.481 e. The summed E-state index contributed by atoms with van der Waals surface area (Å²) in [5.41, 5.74) is -0.764. The zero-order valence-corrected chi connectivity index (χ0v) is 9.24. The van der Waals surface area contributed by atoms with Crippen molar-refractivity contribution in [1.82, 2.24) is 0 Å². The second-order valence-electron chi connectivity index (χ2n) is 3.87. The van der Waals surface area contributed by atoms with E-state index in [1.807, 2.05) is 0 Å². The minimum Gasteiger partial charge on any atom is -0.481 e. The van der Waals surface area contributed by atoms with E-state index in [0.29, 0.717) is 0 Å². The van der Waals surface area contributed by atoms with Crippen molar-refractivity contribution in [3.63, 3.8) is 0 Å². The number of ether oxygens (including phenoxy) is 1. The lowest BCUT2D eigenvalue weighted by Crippen LogP contribution is -2.30. The summed E-state index contributed by atoms with van der Waals surface area (Å²) in [6.45, 7) is 3.34. The van der Waals surface area contributed by atoms with Crippen LogP contribution in [0.15, 0.2) is 0 Å². The lowest BCUT2D eigenvalue weighted by Gasteiger charge is -2.25. The lowest BCUT2D eigenvalue weighted by molar-refractivity contribution is -0.146. The predicted octanol–water partition coefficient (Wildman–Crippen LogP) is 1.30. The van der Waals surface area contributed by atoms with Crippen LogP contribution in [0.1, 0.15) is 26.7 Å². The average molecular weight is 212 g/mol. The van der Waals surface area contributed by atoms with Crippen LogP contribution < -0.4 is 0 Å². The maximum Gasteiger partial charge on any atom is 0.308 e. The second-order valence-corrected chi connectivity index (χ2v) is 3.87. The predicted molar refractivity (Wildman–Crippen MR) is 55.0 cm³/mol. The molecule has 84 valence electrons. The van der Waals surface area contributed by atoms with Gasteiger partial charge in [0.25, 0.3) is 0 Å². The smallest absolute Gasteiger partial charge is 0.308 e. The molecule has 0 aromatic carbocycles. The SMILES string of the molecule is C#CC(C)(C)C(CCC(=O)OC)C(=O)O. The molecule has 0 heterocycles. The van der Waals surface area contributed by atoms with Crippen molar-refractivity contribution in [2.45, 2.75) is 26.7 Å². The third-order valence-corrected chi connectivity index (χ3v) is 2.41. The van der Waals surface area contributed by atoms with E-state index < -0.39 is 23.3 Å². The van der Waals surface area contributed by atoms with Crippen molar-refractivity contribution in [3.05, 3.63) is 0 Å². The van der Waals surface area contributed by atoms with Gasteiger partial charge in [-0.25, -0.2) is 0 Å². The van der Waals surface area contributed by atoms with Gasteiger partial charge in [0.2, 0.25) is 0 Å². The monoisotopic (exact) mass is 212 g/mol. The van der Waals surface area contributed by atoms with Crippen LogP contribution in [-0.4, -0.2) is 24.2 Å². The van der Waals surface area contributed by atoms with Crippen molar-refractivity contribution >= 4 is 11.9 Å². The van der Waals surface area contributed by atoms with Gasteiger partial charge in [0, 0.05) is 11.8 Å². The quantitative estimate of drug-likeness (QED) is 0.551. The van der Waals surface area contributed by atoms with E-state index in [4.69, 9.17) is 11.5 Å². The number of aliphatic carboxylic acids is 1. The summed E-state index contributed by atoms with van der Waals surface area (Å²) >= 11 is 0. The van der Waals surface area contributed by atoms with Crippen LogP contribution in [0.2, 0.25) is 0 Å². The molecule has 0 aromatic heterocycles. The third-order valence-electron chi connectivity index (χ3n) is 2.41. The summed E-state index contributed by atoms with van der Waals surface area (Å²) in [6.07, 6.45) is 5.52. The molecule has 1 unspecified atom stereocenters. The molecule has 4 heteroatoms. The Hall–Kier alpha value is -1.50. The van der Waals surface area contributed by atoms with Gasteiger partial charge in [0.15, 0.2) is 0 Å². The van der Waals surface area contributed by atoms with E-state index >= 15 is 0 Å². The minimum absolute atomic E-state index is 0.0680.